The van der Waals surface area contributed by atoms with Crippen LogP contribution < -0.4 is 16.0 Å². The van der Waals surface area contributed by atoms with Crippen molar-refractivity contribution in [2.45, 2.75) is 46.0 Å². The number of rotatable bonds is 9. The number of primary amides is 1. The first-order chi connectivity index (χ1) is 15.5. The first-order valence-corrected chi connectivity index (χ1v) is 12.4. The summed E-state index contributed by atoms with van der Waals surface area (Å²) in [6, 6.07) is 8.82. The second-order valence-electron chi connectivity index (χ2n) is 9.24. The number of carbonyl (C=O) groups excluding carboxylic acids is 1. The number of guanidine groups is 1. The van der Waals surface area contributed by atoms with Gasteiger partial charge in [-0.05, 0) is 69.7 Å². The summed E-state index contributed by atoms with van der Waals surface area (Å²) in [6.07, 6.45) is 4.93. The molecule has 1 unspecified atom stereocenters. The third-order valence-electron chi connectivity index (χ3n) is 6.53. The van der Waals surface area contributed by atoms with Gasteiger partial charge in [0.05, 0.1) is 0 Å². The van der Waals surface area contributed by atoms with E-state index in [0.717, 1.165) is 84.1 Å². The second-order valence-corrected chi connectivity index (χ2v) is 9.24. The van der Waals surface area contributed by atoms with Crippen molar-refractivity contribution in [1.82, 2.24) is 15.1 Å². The Hall–Kier alpha value is -1.55. The summed E-state index contributed by atoms with van der Waals surface area (Å²) in [7, 11) is 0. The van der Waals surface area contributed by atoms with Gasteiger partial charge in [-0.15, -0.1) is 24.0 Å². The molecule has 0 aromatic heterocycles. The molecule has 2 aliphatic rings. The molecule has 0 bridgehead atoms. The van der Waals surface area contributed by atoms with Gasteiger partial charge >= 0.3 is 0 Å². The number of halogens is 1. The fourth-order valence-corrected chi connectivity index (χ4v) is 4.82. The van der Waals surface area contributed by atoms with Crippen LogP contribution in [0.2, 0.25) is 0 Å². The Morgan fingerprint density at radius 1 is 1.18 bits per heavy atom. The number of aryl methyl sites for hydroxylation is 1. The summed E-state index contributed by atoms with van der Waals surface area (Å²) in [5.41, 5.74) is 8.09. The lowest BCUT2D eigenvalue weighted by Crippen LogP contribution is -2.47. The van der Waals surface area contributed by atoms with E-state index in [2.05, 4.69) is 58.1 Å². The lowest BCUT2D eigenvalue weighted by Gasteiger charge is -2.36. The minimum atomic E-state index is -0.196. The van der Waals surface area contributed by atoms with Crippen molar-refractivity contribution >= 4 is 41.5 Å². The van der Waals surface area contributed by atoms with Crippen molar-refractivity contribution in [2.24, 2.45) is 16.6 Å². The van der Waals surface area contributed by atoms with Crippen LogP contribution in [-0.4, -0.2) is 80.6 Å². The molecule has 1 aromatic carbocycles. The summed E-state index contributed by atoms with van der Waals surface area (Å²) in [5.74, 6) is 1.15. The lowest BCUT2D eigenvalue weighted by molar-refractivity contribution is -0.119. The maximum atomic E-state index is 11.3. The average molecular weight is 571 g/mol. The average Bonchev–Trinajstić information content (AvgIpc) is 2.78. The molecule has 0 spiro atoms. The summed E-state index contributed by atoms with van der Waals surface area (Å²) < 4.78 is 0. The summed E-state index contributed by atoms with van der Waals surface area (Å²) >= 11 is 0. The summed E-state index contributed by atoms with van der Waals surface area (Å²) in [4.78, 5) is 23.6. The normalized spacial score (nSPS) is 19.8. The first kappa shape index (κ1) is 27.7. The van der Waals surface area contributed by atoms with E-state index >= 15 is 0 Å². The Kier molecular flexibility index (Phi) is 12.3. The molecule has 0 aliphatic carbocycles. The number of likely N-dealkylation sites (tertiary alicyclic amines) is 1. The van der Waals surface area contributed by atoms with Crippen molar-refractivity contribution in [1.29, 1.82) is 0 Å². The van der Waals surface area contributed by atoms with Gasteiger partial charge in [-0.1, -0.05) is 12.1 Å². The van der Waals surface area contributed by atoms with Crippen molar-refractivity contribution < 1.29 is 4.79 Å². The Balaban J connectivity index is 0.00000385. The Labute approximate surface area is 217 Å². The number of carbonyl (C=O) groups is 1. The topological polar surface area (TPSA) is 77.2 Å². The van der Waals surface area contributed by atoms with Gasteiger partial charge in [-0.3, -0.25) is 14.7 Å². The quantitative estimate of drug-likeness (QED) is 0.207. The second kappa shape index (κ2) is 14.7. The molecule has 1 atom stereocenters. The van der Waals surface area contributed by atoms with Crippen LogP contribution in [0.3, 0.4) is 0 Å². The minimum absolute atomic E-state index is 0. The highest BCUT2D eigenvalue weighted by atomic mass is 127. The van der Waals surface area contributed by atoms with Crippen LogP contribution in [0.4, 0.5) is 5.69 Å². The van der Waals surface area contributed by atoms with Gasteiger partial charge in [0.25, 0.3) is 0 Å². The Morgan fingerprint density at radius 3 is 2.67 bits per heavy atom. The number of unbranched alkanes of at least 4 members (excludes halogenated alkanes) is 1. The monoisotopic (exact) mass is 570 g/mol. The fourth-order valence-electron chi connectivity index (χ4n) is 4.82. The van der Waals surface area contributed by atoms with Gasteiger partial charge in [0.2, 0.25) is 5.91 Å². The number of hydrogen-bond donors (Lipinski definition) is 2. The number of piperidine rings is 1. The molecular weight excluding hydrogens is 527 g/mol. The number of nitrogens with zero attached hydrogens (tertiary/aromatic N) is 4. The van der Waals surface area contributed by atoms with Crippen molar-refractivity contribution in [2.75, 3.05) is 63.8 Å². The predicted octanol–water partition coefficient (Wildman–Crippen LogP) is 3.07. The number of piperazine rings is 1. The highest BCUT2D eigenvalue weighted by molar-refractivity contribution is 14.0. The van der Waals surface area contributed by atoms with Gasteiger partial charge in [-0.2, -0.15) is 0 Å². The number of nitrogens with two attached hydrogens (primary N) is 1. The van der Waals surface area contributed by atoms with Gasteiger partial charge in [0.15, 0.2) is 5.96 Å². The Bertz CT molecular complexity index is 750. The molecular formula is C25H43IN6O. The molecule has 0 saturated carbocycles. The maximum Gasteiger partial charge on any atom is 0.217 e. The standard InChI is InChI=1S/C25H42N6O.HI/c1-3-27-25(31-13-7-9-22(20-31)19-24(26)32)28-11-4-5-12-29-14-16-30(17-15-29)23-10-6-8-21(2)18-23;/h6,8,10,18,22H,3-5,7,9,11-17,19-20H2,1-2H3,(H2,26,32)(H,27,28);1H. The lowest BCUT2D eigenvalue weighted by atomic mass is 9.95. The SMILES string of the molecule is CCNC(=NCCCCN1CCN(c2cccc(C)c2)CC1)N1CCCC(CC(N)=O)C1.I. The molecule has 1 amide bonds. The molecule has 3 rings (SSSR count). The number of anilines is 1. The zero-order valence-corrected chi connectivity index (χ0v) is 22.8. The minimum Gasteiger partial charge on any atom is -0.370 e. The third-order valence-corrected chi connectivity index (χ3v) is 6.53. The zero-order chi connectivity index (χ0) is 22.8. The molecule has 2 heterocycles. The molecule has 1 aromatic rings. The van der Waals surface area contributed by atoms with Crippen molar-refractivity contribution in [3.8, 4) is 0 Å². The van der Waals surface area contributed by atoms with E-state index in [1.165, 1.54) is 17.7 Å². The highest BCUT2D eigenvalue weighted by Crippen LogP contribution is 2.20. The van der Waals surface area contributed by atoms with Crippen LogP contribution in [0.1, 0.15) is 44.6 Å². The molecule has 2 aliphatic heterocycles. The van der Waals surface area contributed by atoms with Gasteiger partial charge in [0, 0.05) is 64.5 Å². The van der Waals surface area contributed by atoms with Gasteiger partial charge < -0.3 is 20.9 Å². The van der Waals surface area contributed by atoms with E-state index in [9.17, 15) is 4.79 Å². The predicted molar refractivity (Wildman–Crippen MR) is 149 cm³/mol. The molecule has 8 heteroatoms. The van der Waals surface area contributed by atoms with Crippen molar-refractivity contribution in [3.63, 3.8) is 0 Å². The summed E-state index contributed by atoms with van der Waals surface area (Å²) in [6.45, 7) is 13.5. The fraction of sp³-hybridized carbons (Fsp3) is 0.680. The van der Waals surface area contributed by atoms with E-state index in [4.69, 9.17) is 10.7 Å². The van der Waals surface area contributed by atoms with E-state index < -0.39 is 0 Å². The molecule has 7 nitrogen and oxygen atoms in total. The molecule has 3 N–H and O–H groups in total. The van der Waals surface area contributed by atoms with Gasteiger partial charge in [0.1, 0.15) is 0 Å². The van der Waals surface area contributed by atoms with Gasteiger partial charge in [-0.25, -0.2) is 0 Å². The zero-order valence-electron chi connectivity index (χ0n) is 20.5. The number of hydrogen-bond acceptors (Lipinski definition) is 4. The van der Waals surface area contributed by atoms with E-state index in [-0.39, 0.29) is 29.9 Å². The van der Waals surface area contributed by atoms with E-state index in [1.54, 1.807) is 0 Å². The summed E-state index contributed by atoms with van der Waals surface area (Å²) in [5, 5.41) is 3.43. The molecule has 186 valence electrons. The maximum absolute atomic E-state index is 11.3. The first-order valence-electron chi connectivity index (χ1n) is 12.4. The molecule has 2 saturated heterocycles. The van der Waals surface area contributed by atoms with Crippen LogP contribution in [0, 0.1) is 12.8 Å². The largest absolute Gasteiger partial charge is 0.370 e. The van der Waals surface area contributed by atoms with E-state index in [0.29, 0.717) is 12.3 Å². The number of nitrogens with one attached hydrogen (secondary N) is 1. The Morgan fingerprint density at radius 2 is 1.97 bits per heavy atom. The van der Waals surface area contributed by atoms with Crippen LogP contribution >= 0.6 is 24.0 Å². The van der Waals surface area contributed by atoms with E-state index in [1.807, 2.05) is 0 Å². The van der Waals surface area contributed by atoms with Crippen LogP contribution in [0.15, 0.2) is 29.3 Å². The number of benzene rings is 1. The van der Waals surface area contributed by atoms with Crippen molar-refractivity contribution in [3.05, 3.63) is 29.8 Å². The highest BCUT2D eigenvalue weighted by Gasteiger charge is 2.23. The van der Waals surface area contributed by atoms with Crippen LogP contribution in [0.5, 0.6) is 0 Å². The number of aliphatic imine (C=N–C) groups is 1. The van der Waals surface area contributed by atoms with Crippen LogP contribution in [0.25, 0.3) is 0 Å². The molecule has 33 heavy (non-hydrogen) atoms. The van der Waals surface area contributed by atoms with Crippen LogP contribution in [-0.2, 0) is 4.79 Å². The molecule has 0 radical (unpaired) electrons. The number of amides is 1. The third kappa shape index (κ3) is 9.31. The molecule has 2 fully saturated rings. The smallest absolute Gasteiger partial charge is 0.217 e.